The second kappa shape index (κ2) is 9.77. The van der Waals surface area contributed by atoms with Crippen molar-refractivity contribution in [2.75, 3.05) is 38.2 Å². The first kappa shape index (κ1) is 21.1. The standard InChI is InChI=1S/C24H28N6OS/c1-17-19(14-26-29-17)8-5-9-25-23-22-20(18-6-3-2-4-7-18)16-32-24(22)28-21(27-23)15-30-10-12-31-13-11-30/h2-4,6-7,14,16H,5,8-13,15H2,1H3,(H,26,29)(H,25,27,28). The van der Waals surface area contributed by atoms with Crippen molar-refractivity contribution < 1.29 is 4.74 Å². The van der Waals surface area contributed by atoms with Gasteiger partial charge in [0.1, 0.15) is 16.5 Å². The number of benzene rings is 1. The topological polar surface area (TPSA) is 79.0 Å². The van der Waals surface area contributed by atoms with Gasteiger partial charge < -0.3 is 10.1 Å². The van der Waals surface area contributed by atoms with E-state index in [-0.39, 0.29) is 0 Å². The number of aromatic amines is 1. The highest BCUT2D eigenvalue weighted by Gasteiger charge is 2.18. The normalized spacial score (nSPS) is 14.8. The van der Waals surface area contributed by atoms with Gasteiger partial charge >= 0.3 is 0 Å². The van der Waals surface area contributed by atoms with Crippen LogP contribution < -0.4 is 5.32 Å². The van der Waals surface area contributed by atoms with Gasteiger partial charge in [0.05, 0.1) is 31.3 Å². The molecule has 1 fully saturated rings. The summed E-state index contributed by atoms with van der Waals surface area (Å²) in [6.45, 7) is 7.06. The van der Waals surface area contributed by atoms with E-state index in [1.54, 1.807) is 11.3 Å². The number of nitrogens with one attached hydrogen (secondary N) is 2. The van der Waals surface area contributed by atoms with Crippen LogP contribution in [0, 0.1) is 6.92 Å². The van der Waals surface area contributed by atoms with E-state index in [4.69, 9.17) is 14.7 Å². The summed E-state index contributed by atoms with van der Waals surface area (Å²) < 4.78 is 5.49. The maximum atomic E-state index is 5.49. The molecular formula is C24H28N6OS. The number of morpholine rings is 1. The zero-order chi connectivity index (χ0) is 21.8. The summed E-state index contributed by atoms with van der Waals surface area (Å²) in [5.74, 6) is 1.80. The monoisotopic (exact) mass is 448 g/mol. The minimum absolute atomic E-state index is 0.751. The molecule has 5 rings (SSSR count). The second-order valence-electron chi connectivity index (χ2n) is 8.12. The number of aromatic nitrogens is 4. The molecule has 4 aromatic rings. The lowest BCUT2D eigenvalue weighted by Gasteiger charge is -2.25. The lowest BCUT2D eigenvalue weighted by atomic mass is 10.1. The highest BCUT2D eigenvalue weighted by atomic mass is 32.1. The molecule has 0 unspecified atom stereocenters. The van der Waals surface area contributed by atoms with Crippen LogP contribution in [0.5, 0.6) is 0 Å². The fourth-order valence-electron chi connectivity index (χ4n) is 4.09. The third-order valence-corrected chi connectivity index (χ3v) is 6.76. The van der Waals surface area contributed by atoms with Gasteiger partial charge in [-0.2, -0.15) is 5.10 Å². The third-order valence-electron chi connectivity index (χ3n) is 5.88. The molecule has 0 aliphatic carbocycles. The number of fused-ring (bicyclic) bond motifs is 1. The Hall–Kier alpha value is -2.81. The zero-order valence-electron chi connectivity index (χ0n) is 18.3. The summed E-state index contributed by atoms with van der Waals surface area (Å²) in [6, 6.07) is 10.5. The van der Waals surface area contributed by atoms with Crippen molar-refractivity contribution in [3.63, 3.8) is 0 Å². The van der Waals surface area contributed by atoms with Gasteiger partial charge in [0.15, 0.2) is 0 Å². The molecule has 0 saturated carbocycles. The van der Waals surface area contributed by atoms with Crippen molar-refractivity contribution in [2.45, 2.75) is 26.3 Å². The van der Waals surface area contributed by atoms with Gasteiger partial charge in [0, 0.05) is 36.3 Å². The highest BCUT2D eigenvalue weighted by molar-refractivity contribution is 7.17. The van der Waals surface area contributed by atoms with Crippen molar-refractivity contribution in [1.29, 1.82) is 0 Å². The smallest absolute Gasteiger partial charge is 0.146 e. The number of H-pyrrole nitrogens is 1. The van der Waals surface area contributed by atoms with Gasteiger partial charge in [0.2, 0.25) is 0 Å². The first-order chi connectivity index (χ1) is 15.8. The number of hydrogen-bond acceptors (Lipinski definition) is 7. The molecule has 0 amide bonds. The van der Waals surface area contributed by atoms with E-state index in [1.165, 1.54) is 16.7 Å². The van der Waals surface area contributed by atoms with E-state index >= 15 is 0 Å². The molecule has 0 spiro atoms. The van der Waals surface area contributed by atoms with Crippen LogP contribution in [-0.2, 0) is 17.7 Å². The first-order valence-electron chi connectivity index (χ1n) is 11.1. The van der Waals surface area contributed by atoms with E-state index in [2.05, 4.69) is 57.0 Å². The largest absolute Gasteiger partial charge is 0.379 e. The molecule has 166 valence electrons. The predicted octanol–water partition coefficient (Wildman–Crippen LogP) is 4.27. The Morgan fingerprint density at radius 1 is 1.16 bits per heavy atom. The Morgan fingerprint density at radius 2 is 2.00 bits per heavy atom. The maximum Gasteiger partial charge on any atom is 0.146 e. The molecule has 0 atom stereocenters. The van der Waals surface area contributed by atoms with Crippen LogP contribution in [0.3, 0.4) is 0 Å². The first-order valence-corrected chi connectivity index (χ1v) is 12.0. The van der Waals surface area contributed by atoms with Crippen LogP contribution in [0.4, 0.5) is 5.82 Å². The van der Waals surface area contributed by atoms with Gasteiger partial charge in [-0.1, -0.05) is 30.3 Å². The van der Waals surface area contributed by atoms with Crippen LogP contribution in [0.15, 0.2) is 41.9 Å². The number of thiophene rings is 1. The Kier molecular flexibility index (Phi) is 6.43. The van der Waals surface area contributed by atoms with Crippen molar-refractivity contribution >= 4 is 27.4 Å². The Labute approximate surface area is 191 Å². The minimum Gasteiger partial charge on any atom is -0.379 e. The number of ether oxygens (including phenoxy) is 1. The van der Waals surface area contributed by atoms with Gasteiger partial charge in [-0.3, -0.25) is 10.00 Å². The summed E-state index contributed by atoms with van der Waals surface area (Å²) in [4.78, 5) is 13.3. The third kappa shape index (κ3) is 4.67. The molecule has 0 bridgehead atoms. The molecule has 7 nitrogen and oxygen atoms in total. The minimum atomic E-state index is 0.751. The Morgan fingerprint density at radius 3 is 2.78 bits per heavy atom. The molecule has 4 heterocycles. The van der Waals surface area contributed by atoms with Crippen molar-refractivity contribution in [1.82, 2.24) is 25.1 Å². The van der Waals surface area contributed by atoms with Crippen LogP contribution in [-0.4, -0.2) is 57.9 Å². The molecule has 1 aliphatic rings. The molecule has 8 heteroatoms. The van der Waals surface area contributed by atoms with Gasteiger partial charge in [0.25, 0.3) is 0 Å². The number of nitrogens with zero attached hydrogens (tertiary/aromatic N) is 4. The number of hydrogen-bond donors (Lipinski definition) is 2. The van der Waals surface area contributed by atoms with Gasteiger partial charge in [-0.15, -0.1) is 11.3 Å². The van der Waals surface area contributed by atoms with Crippen LogP contribution >= 0.6 is 11.3 Å². The number of aryl methyl sites for hydroxylation is 2. The summed E-state index contributed by atoms with van der Waals surface area (Å²) in [6.07, 6.45) is 3.92. The van der Waals surface area contributed by atoms with Crippen molar-refractivity contribution in [3.8, 4) is 11.1 Å². The van der Waals surface area contributed by atoms with E-state index in [9.17, 15) is 0 Å². The van der Waals surface area contributed by atoms with Crippen LogP contribution in [0.2, 0.25) is 0 Å². The molecule has 2 N–H and O–H groups in total. The molecule has 1 saturated heterocycles. The average molecular weight is 449 g/mol. The molecule has 32 heavy (non-hydrogen) atoms. The second-order valence-corrected chi connectivity index (χ2v) is 8.98. The van der Waals surface area contributed by atoms with Crippen LogP contribution in [0.1, 0.15) is 23.5 Å². The zero-order valence-corrected chi connectivity index (χ0v) is 19.1. The van der Waals surface area contributed by atoms with E-state index < -0.39 is 0 Å². The predicted molar refractivity (Wildman–Crippen MR) is 129 cm³/mol. The lowest BCUT2D eigenvalue weighted by Crippen LogP contribution is -2.36. The Bertz CT molecular complexity index is 1170. The highest BCUT2D eigenvalue weighted by Crippen LogP contribution is 2.37. The molecule has 1 aromatic carbocycles. The summed E-state index contributed by atoms with van der Waals surface area (Å²) in [7, 11) is 0. The van der Waals surface area contributed by atoms with E-state index in [0.717, 1.165) is 79.8 Å². The SMILES string of the molecule is Cc1[nH]ncc1CCCNc1nc(CN2CCOCC2)nc2scc(-c3ccccc3)c12. The molecule has 0 radical (unpaired) electrons. The average Bonchev–Trinajstić information content (AvgIpc) is 3.44. The fraction of sp³-hybridized carbons (Fsp3) is 0.375. The number of rotatable bonds is 8. The molecule has 3 aromatic heterocycles. The Balaban J connectivity index is 1.41. The van der Waals surface area contributed by atoms with Crippen molar-refractivity contribution in [3.05, 3.63) is 59.0 Å². The summed E-state index contributed by atoms with van der Waals surface area (Å²) >= 11 is 1.69. The maximum absolute atomic E-state index is 5.49. The van der Waals surface area contributed by atoms with Gasteiger partial charge in [-0.25, -0.2) is 9.97 Å². The quantitative estimate of drug-likeness (QED) is 0.392. The number of anilines is 1. The lowest BCUT2D eigenvalue weighted by molar-refractivity contribution is 0.0331. The summed E-state index contributed by atoms with van der Waals surface area (Å²) in [5, 5.41) is 14.1. The molecule has 1 aliphatic heterocycles. The molecular weight excluding hydrogens is 420 g/mol. The van der Waals surface area contributed by atoms with E-state index in [0.29, 0.717) is 0 Å². The van der Waals surface area contributed by atoms with Crippen molar-refractivity contribution in [2.24, 2.45) is 0 Å². The summed E-state index contributed by atoms with van der Waals surface area (Å²) in [5.41, 5.74) is 4.80. The van der Waals surface area contributed by atoms with Crippen LogP contribution in [0.25, 0.3) is 21.3 Å². The van der Waals surface area contributed by atoms with Gasteiger partial charge in [-0.05, 0) is 30.9 Å². The fourth-order valence-corrected chi connectivity index (χ4v) is 5.05. The van der Waals surface area contributed by atoms with E-state index in [1.807, 2.05) is 12.3 Å².